The standard InChI is InChI=1S/C44H78O4/c1-3-5-7-9-11-13-15-17-19-21-23-25-27-30-34-38-42(39-35-31-29-32-36-40-43(45)46)48-44(47)41-37-33-28-26-24-22-20-18-16-14-12-10-8-6-4-2/h5,7,11,13,17,19,23,25,42H,3-4,6,8-10,12,14-16,18,20-22,24,26-41H2,1-2H3,(H,45,46)/b7-5-,13-11-,19-17-,25-23-. The normalized spacial score (nSPS) is 12.7. The van der Waals surface area contributed by atoms with Gasteiger partial charge in [-0.3, -0.25) is 9.59 Å². The molecule has 0 aliphatic heterocycles. The molecular weight excluding hydrogens is 592 g/mol. The molecule has 0 aliphatic rings. The van der Waals surface area contributed by atoms with Crippen LogP contribution in [0.25, 0.3) is 0 Å². The molecule has 0 rings (SSSR count). The number of carbonyl (C=O) groups excluding carboxylic acids is 1. The van der Waals surface area contributed by atoms with Gasteiger partial charge in [0.25, 0.3) is 0 Å². The molecule has 1 unspecified atom stereocenters. The van der Waals surface area contributed by atoms with Gasteiger partial charge in [0.1, 0.15) is 6.10 Å². The molecule has 0 fully saturated rings. The molecule has 1 atom stereocenters. The van der Waals surface area contributed by atoms with E-state index in [0.717, 1.165) is 103 Å². The Morgan fingerprint density at radius 2 is 0.875 bits per heavy atom. The van der Waals surface area contributed by atoms with Crippen LogP contribution in [-0.4, -0.2) is 23.1 Å². The number of carboxylic acid groups (broad SMARTS) is 1. The quantitative estimate of drug-likeness (QED) is 0.0406. The van der Waals surface area contributed by atoms with Crippen molar-refractivity contribution in [3.05, 3.63) is 48.6 Å². The van der Waals surface area contributed by atoms with Crippen molar-refractivity contribution < 1.29 is 19.4 Å². The Morgan fingerprint density at radius 3 is 1.35 bits per heavy atom. The van der Waals surface area contributed by atoms with Gasteiger partial charge in [0.2, 0.25) is 0 Å². The minimum atomic E-state index is -0.707. The van der Waals surface area contributed by atoms with Crippen LogP contribution < -0.4 is 0 Å². The zero-order chi connectivity index (χ0) is 35.0. The SMILES string of the molecule is CC/C=C\C/C=C\C/C=C\C/C=C\CCCCC(CCCCCCCC(=O)O)OC(=O)CCCCCCCCCCCCCCCCC. The molecule has 0 saturated carbocycles. The largest absolute Gasteiger partial charge is 0.481 e. The third-order valence-electron chi connectivity index (χ3n) is 9.07. The minimum Gasteiger partial charge on any atom is -0.481 e. The van der Waals surface area contributed by atoms with Gasteiger partial charge in [-0.1, -0.05) is 172 Å². The first-order valence-corrected chi connectivity index (χ1v) is 20.6. The molecule has 0 spiro atoms. The summed E-state index contributed by atoms with van der Waals surface area (Å²) in [7, 11) is 0. The Hall–Kier alpha value is -2.10. The maximum atomic E-state index is 12.7. The van der Waals surface area contributed by atoms with E-state index in [-0.39, 0.29) is 18.5 Å². The van der Waals surface area contributed by atoms with Crippen molar-refractivity contribution in [3.63, 3.8) is 0 Å². The van der Waals surface area contributed by atoms with Crippen LogP contribution >= 0.6 is 0 Å². The second-order valence-electron chi connectivity index (χ2n) is 13.8. The van der Waals surface area contributed by atoms with E-state index in [0.29, 0.717) is 6.42 Å². The summed E-state index contributed by atoms with van der Waals surface area (Å²) in [5.41, 5.74) is 0. The number of hydrogen-bond acceptors (Lipinski definition) is 3. The van der Waals surface area contributed by atoms with Gasteiger partial charge in [-0.15, -0.1) is 0 Å². The number of ether oxygens (including phenoxy) is 1. The van der Waals surface area contributed by atoms with E-state index < -0.39 is 5.97 Å². The van der Waals surface area contributed by atoms with Crippen molar-refractivity contribution in [2.45, 2.75) is 219 Å². The fourth-order valence-corrected chi connectivity index (χ4v) is 6.06. The Morgan fingerprint density at radius 1 is 0.479 bits per heavy atom. The zero-order valence-corrected chi connectivity index (χ0v) is 31.8. The smallest absolute Gasteiger partial charge is 0.306 e. The lowest BCUT2D eigenvalue weighted by Crippen LogP contribution is -2.18. The summed E-state index contributed by atoms with van der Waals surface area (Å²) in [5, 5.41) is 8.83. The van der Waals surface area contributed by atoms with Gasteiger partial charge in [0.05, 0.1) is 0 Å². The summed E-state index contributed by atoms with van der Waals surface area (Å²) in [6, 6.07) is 0. The summed E-state index contributed by atoms with van der Waals surface area (Å²) in [6.07, 6.45) is 52.7. The highest BCUT2D eigenvalue weighted by molar-refractivity contribution is 5.69. The predicted molar refractivity (Wildman–Crippen MR) is 209 cm³/mol. The maximum absolute atomic E-state index is 12.7. The summed E-state index contributed by atoms with van der Waals surface area (Å²) < 4.78 is 5.99. The maximum Gasteiger partial charge on any atom is 0.306 e. The molecule has 0 saturated heterocycles. The van der Waals surface area contributed by atoms with E-state index in [2.05, 4.69) is 62.5 Å². The molecule has 0 amide bonds. The first-order chi connectivity index (χ1) is 23.6. The number of unbranched alkanes of at least 4 members (excludes halogenated alkanes) is 20. The van der Waals surface area contributed by atoms with Gasteiger partial charge in [0, 0.05) is 12.8 Å². The number of rotatable bonds is 37. The van der Waals surface area contributed by atoms with Crippen LogP contribution in [0.3, 0.4) is 0 Å². The van der Waals surface area contributed by atoms with Crippen molar-refractivity contribution in [2.75, 3.05) is 0 Å². The van der Waals surface area contributed by atoms with Crippen LogP contribution in [0, 0.1) is 0 Å². The van der Waals surface area contributed by atoms with E-state index in [1.54, 1.807) is 0 Å². The van der Waals surface area contributed by atoms with E-state index >= 15 is 0 Å². The van der Waals surface area contributed by atoms with Crippen LogP contribution in [0.4, 0.5) is 0 Å². The van der Waals surface area contributed by atoms with Gasteiger partial charge < -0.3 is 9.84 Å². The van der Waals surface area contributed by atoms with Crippen LogP contribution in [0.5, 0.6) is 0 Å². The van der Waals surface area contributed by atoms with Crippen molar-refractivity contribution in [3.8, 4) is 0 Å². The van der Waals surface area contributed by atoms with Gasteiger partial charge in [-0.2, -0.15) is 0 Å². The molecule has 0 radical (unpaired) electrons. The third kappa shape index (κ3) is 38.3. The average molecular weight is 671 g/mol. The molecule has 0 aromatic carbocycles. The van der Waals surface area contributed by atoms with E-state index in [1.807, 2.05) is 0 Å². The topological polar surface area (TPSA) is 63.6 Å². The lowest BCUT2D eigenvalue weighted by molar-refractivity contribution is -0.150. The third-order valence-corrected chi connectivity index (χ3v) is 9.07. The van der Waals surface area contributed by atoms with Gasteiger partial charge in [-0.25, -0.2) is 0 Å². The van der Waals surface area contributed by atoms with E-state index in [1.165, 1.54) is 83.5 Å². The fraction of sp³-hybridized carbons (Fsp3) is 0.773. The van der Waals surface area contributed by atoms with Crippen molar-refractivity contribution in [2.24, 2.45) is 0 Å². The monoisotopic (exact) mass is 671 g/mol. The fourth-order valence-electron chi connectivity index (χ4n) is 6.06. The van der Waals surface area contributed by atoms with Gasteiger partial charge in [0.15, 0.2) is 0 Å². The molecule has 48 heavy (non-hydrogen) atoms. The molecule has 4 nitrogen and oxygen atoms in total. The first-order valence-electron chi connectivity index (χ1n) is 20.6. The number of carbonyl (C=O) groups is 2. The summed E-state index contributed by atoms with van der Waals surface area (Å²) >= 11 is 0. The molecule has 0 aromatic rings. The second kappa shape index (κ2) is 39.3. The van der Waals surface area contributed by atoms with Crippen molar-refractivity contribution in [1.82, 2.24) is 0 Å². The van der Waals surface area contributed by atoms with Crippen LogP contribution in [-0.2, 0) is 14.3 Å². The average Bonchev–Trinajstić information content (AvgIpc) is 3.07. The molecule has 0 aromatic heterocycles. The molecule has 278 valence electrons. The van der Waals surface area contributed by atoms with Gasteiger partial charge in [-0.05, 0) is 77.0 Å². The molecule has 1 N–H and O–H groups in total. The lowest BCUT2D eigenvalue weighted by Gasteiger charge is -2.18. The Balaban J connectivity index is 4.11. The number of hydrogen-bond donors (Lipinski definition) is 1. The van der Waals surface area contributed by atoms with Crippen LogP contribution in [0.15, 0.2) is 48.6 Å². The number of allylic oxidation sites excluding steroid dienone is 8. The van der Waals surface area contributed by atoms with Crippen LogP contribution in [0.1, 0.15) is 213 Å². The molecule has 0 bridgehead atoms. The predicted octanol–water partition coefficient (Wildman–Crippen LogP) is 14.3. The first kappa shape index (κ1) is 45.9. The van der Waals surface area contributed by atoms with Gasteiger partial charge >= 0.3 is 11.9 Å². The Labute approximate surface area is 298 Å². The summed E-state index contributed by atoms with van der Waals surface area (Å²) in [6.45, 7) is 4.44. The highest BCUT2D eigenvalue weighted by Gasteiger charge is 2.14. The second-order valence-corrected chi connectivity index (χ2v) is 13.8. The Kier molecular flexibility index (Phi) is 37.6. The Bertz CT molecular complexity index is 809. The van der Waals surface area contributed by atoms with E-state index in [4.69, 9.17) is 9.84 Å². The summed E-state index contributed by atoms with van der Waals surface area (Å²) in [5.74, 6) is -0.726. The lowest BCUT2D eigenvalue weighted by atomic mass is 10.0. The highest BCUT2D eigenvalue weighted by Crippen LogP contribution is 2.18. The molecular formula is C44H78O4. The zero-order valence-electron chi connectivity index (χ0n) is 31.8. The number of carboxylic acids is 1. The van der Waals surface area contributed by atoms with Crippen LogP contribution in [0.2, 0.25) is 0 Å². The molecule has 4 heteroatoms. The minimum absolute atomic E-state index is 0.0184. The summed E-state index contributed by atoms with van der Waals surface area (Å²) in [4.78, 5) is 23.4. The number of aliphatic carboxylic acids is 1. The van der Waals surface area contributed by atoms with E-state index in [9.17, 15) is 9.59 Å². The van der Waals surface area contributed by atoms with Crippen molar-refractivity contribution >= 4 is 11.9 Å². The molecule has 0 heterocycles. The van der Waals surface area contributed by atoms with Crippen molar-refractivity contribution in [1.29, 1.82) is 0 Å². The number of esters is 1. The highest BCUT2D eigenvalue weighted by atomic mass is 16.5. The molecule has 0 aliphatic carbocycles.